The number of amides is 1. The summed E-state index contributed by atoms with van der Waals surface area (Å²) in [6, 6.07) is 3.99. The third-order valence-corrected chi connectivity index (χ3v) is 6.54. The van der Waals surface area contributed by atoms with E-state index < -0.39 is 11.6 Å². The van der Waals surface area contributed by atoms with Gasteiger partial charge in [0.15, 0.2) is 0 Å². The zero-order valence-electron chi connectivity index (χ0n) is 15.8. The Bertz CT molecular complexity index is 702. The number of carbonyl (C=O) groups is 1. The van der Waals surface area contributed by atoms with Gasteiger partial charge in [-0.05, 0) is 38.3 Å². The van der Waals surface area contributed by atoms with Crippen LogP contribution in [0.15, 0.2) is 12.1 Å². The van der Waals surface area contributed by atoms with Gasteiger partial charge in [-0.1, -0.05) is 19.8 Å². The molecule has 0 spiro atoms. The van der Waals surface area contributed by atoms with Gasteiger partial charge in [-0.15, -0.1) is 0 Å². The number of pyridine rings is 1. The molecule has 1 saturated heterocycles. The first kappa shape index (κ1) is 17.6. The lowest BCUT2D eigenvalue weighted by Gasteiger charge is -2.29. The van der Waals surface area contributed by atoms with E-state index in [9.17, 15) is 9.90 Å². The highest BCUT2D eigenvalue weighted by Crippen LogP contribution is 2.46. The van der Waals surface area contributed by atoms with Crippen LogP contribution in [0.25, 0.3) is 0 Å². The van der Waals surface area contributed by atoms with Crippen molar-refractivity contribution in [3.8, 4) is 5.88 Å². The van der Waals surface area contributed by atoms with Crippen LogP contribution in [0, 0.1) is 11.8 Å². The van der Waals surface area contributed by atoms with Crippen molar-refractivity contribution in [2.24, 2.45) is 11.8 Å². The summed E-state index contributed by atoms with van der Waals surface area (Å²) in [5.41, 5.74) is 1.30. The third kappa shape index (κ3) is 3.15. The predicted octanol–water partition coefficient (Wildman–Crippen LogP) is 3.01. The van der Waals surface area contributed by atoms with Crippen LogP contribution >= 0.6 is 0 Å². The number of rotatable bonds is 5. The number of nitrogens with one attached hydrogen (secondary N) is 2. The van der Waals surface area contributed by atoms with Gasteiger partial charge in [0.1, 0.15) is 6.10 Å². The van der Waals surface area contributed by atoms with Gasteiger partial charge in [0.2, 0.25) is 5.88 Å². The van der Waals surface area contributed by atoms with Gasteiger partial charge < -0.3 is 20.5 Å². The van der Waals surface area contributed by atoms with Gasteiger partial charge >= 0.3 is 6.09 Å². The lowest BCUT2D eigenvalue weighted by molar-refractivity contribution is 0.182. The van der Waals surface area contributed by atoms with Crippen molar-refractivity contribution in [3.05, 3.63) is 23.4 Å². The van der Waals surface area contributed by atoms with Crippen LogP contribution < -0.4 is 15.4 Å². The van der Waals surface area contributed by atoms with Gasteiger partial charge in [0.05, 0.1) is 11.2 Å². The molecule has 0 aromatic carbocycles. The third-order valence-electron chi connectivity index (χ3n) is 6.54. The molecule has 2 aliphatic carbocycles. The molecule has 3 fully saturated rings. The molecule has 1 aliphatic heterocycles. The van der Waals surface area contributed by atoms with Crippen molar-refractivity contribution in [1.29, 1.82) is 0 Å². The molecule has 6 heteroatoms. The topological polar surface area (TPSA) is 83.5 Å². The van der Waals surface area contributed by atoms with Gasteiger partial charge in [0.25, 0.3) is 0 Å². The molecule has 1 unspecified atom stereocenters. The highest BCUT2D eigenvalue weighted by molar-refractivity contribution is 5.66. The molecular weight excluding hydrogens is 330 g/mol. The second-order valence-corrected chi connectivity index (χ2v) is 8.97. The Morgan fingerprint density at radius 1 is 1.31 bits per heavy atom. The number of hydrogen-bond acceptors (Lipinski definition) is 4. The quantitative estimate of drug-likeness (QED) is 0.753. The maximum absolute atomic E-state index is 11.2. The lowest BCUT2D eigenvalue weighted by Crippen LogP contribution is -2.40. The molecule has 2 saturated carbocycles. The van der Waals surface area contributed by atoms with Gasteiger partial charge in [-0.25, -0.2) is 9.78 Å². The summed E-state index contributed by atoms with van der Waals surface area (Å²) in [5.74, 6) is 1.83. The number of carboxylic acid groups (broad SMARTS) is 1. The number of ether oxygens (including phenoxy) is 1. The van der Waals surface area contributed by atoms with E-state index in [1.54, 1.807) is 0 Å². The van der Waals surface area contributed by atoms with Crippen LogP contribution in [-0.2, 0) is 11.0 Å². The standard InChI is InChI=1S/C20H29N3O3/c1-19(2,23-18(24)25)12-8-15(20(3)6-4-5-7-20)22-16(9-12)26-17-13-10-21-11-14(13)17/h8-9,13-14,17,21,23H,4-7,10-11H2,1-3H3,(H,24,25)/t13-,14+,17?. The van der Waals surface area contributed by atoms with Crippen LogP contribution in [0.1, 0.15) is 57.7 Å². The number of fused-ring (bicyclic) bond motifs is 1. The minimum absolute atomic E-state index is 0.0500. The summed E-state index contributed by atoms with van der Waals surface area (Å²) in [4.78, 5) is 16.1. The molecule has 142 valence electrons. The molecule has 0 bridgehead atoms. The van der Waals surface area contributed by atoms with E-state index in [1.165, 1.54) is 12.8 Å². The van der Waals surface area contributed by atoms with Gasteiger partial charge in [0, 0.05) is 36.4 Å². The van der Waals surface area contributed by atoms with Crippen LogP contribution in [0.2, 0.25) is 0 Å². The molecule has 6 nitrogen and oxygen atoms in total. The summed E-state index contributed by atoms with van der Waals surface area (Å²) in [6.45, 7) is 8.08. The first-order valence-electron chi connectivity index (χ1n) is 9.70. The number of nitrogens with zero attached hydrogens (tertiary/aromatic N) is 1. The Labute approximate surface area is 154 Å². The normalized spacial score (nSPS) is 29.3. The smallest absolute Gasteiger partial charge is 0.405 e. The monoisotopic (exact) mass is 359 g/mol. The second-order valence-electron chi connectivity index (χ2n) is 8.97. The molecule has 0 radical (unpaired) electrons. The Kier molecular flexibility index (Phi) is 4.14. The number of aromatic nitrogens is 1. The maximum Gasteiger partial charge on any atom is 0.405 e. The summed E-state index contributed by atoms with van der Waals surface area (Å²) in [5, 5.41) is 15.2. The highest BCUT2D eigenvalue weighted by Gasteiger charge is 2.55. The van der Waals surface area contributed by atoms with E-state index in [0.29, 0.717) is 17.7 Å². The molecule has 4 rings (SSSR count). The Morgan fingerprint density at radius 3 is 2.58 bits per heavy atom. The summed E-state index contributed by atoms with van der Waals surface area (Å²) in [6.07, 6.45) is 3.90. The number of hydrogen-bond donors (Lipinski definition) is 3. The highest BCUT2D eigenvalue weighted by atomic mass is 16.5. The van der Waals surface area contributed by atoms with E-state index in [-0.39, 0.29) is 11.5 Å². The van der Waals surface area contributed by atoms with E-state index >= 15 is 0 Å². The second kappa shape index (κ2) is 6.12. The van der Waals surface area contributed by atoms with Crippen LogP contribution in [0.5, 0.6) is 5.88 Å². The van der Waals surface area contributed by atoms with Crippen molar-refractivity contribution >= 4 is 6.09 Å². The summed E-state index contributed by atoms with van der Waals surface area (Å²) in [7, 11) is 0. The molecule has 26 heavy (non-hydrogen) atoms. The zero-order chi connectivity index (χ0) is 18.5. The molecule has 3 aliphatic rings. The Balaban J connectivity index is 1.66. The van der Waals surface area contributed by atoms with Crippen molar-refractivity contribution in [3.63, 3.8) is 0 Å². The molecule has 1 aromatic heterocycles. The van der Waals surface area contributed by atoms with Crippen LogP contribution in [0.3, 0.4) is 0 Å². The fraction of sp³-hybridized carbons (Fsp3) is 0.700. The SMILES string of the molecule is CC1(c2cc(C(C)(C)NC(=O)O)cc(OC3[C@H]4CNC[C@@H]34)n2)CCCC1. The molecular formula is C20H29N3O3. The minimum atomic E-state index is -1.02. The van der Waals surface area contributed by atoms with E-state index in [1.807, 2.05) is 19.9 Å². The van der Waals surface area contributed by atoms with E-state index in [4.69, 9.17) is 9.72 Å². The van der Waals surface area contributed by atoms with Crippen LogP contribution in [-0.4, -0.2) is 35.4 Å². The first-order valence-corrected chi connectivity index (χ1v) is 9.70. The van der Waals surface area contributed by atoms with Gasteiger partial charge in [-0.3, -0.25) is 0 Å². The molecule has 1 amide bonds. The van der Waals surface area contributed by atoms with E-state index in [2.05, 4.69) is 23.6 Å². The molecule has 2 heterocycles. The predicted molar refractivity (Wildman–Crippen MR) is 98.5 cm³/mol. The summed E-state index contributed by atoms with van der Waals surface area (Å²) >= 11 is 0. The lowest BCUT2D eigenvalue weighted by atomic mass is 9.82. The zero-order valence-corrected chi connectivity index (χ0v) is 15.8. The maximum atomic E-state index is 11.2. The summed E-state index contributed by atoms with van der Waals surface area (Å²) < 4.78 is 6.25. The van der Waals surface area contributed by atoms with Crippen molar-refractivity contribution in [2.45, 2.75) is 63.5 Å². The fourth-order valence-corrected chi connectivity index (χ4v) is 4.66. The molecule has 3 atom stereocenters. The molecule has 3 N–H and O–H groups in total. The van der Waals surface area contributed by atoms with Crippen molar-refractivity contribution in [1.82, 2.24) is 15.6 Å². The van der Waals surface area contributed by atoms with Crippen molar-refractivity contribution in [2.75, 3.05) is 13.1 Å². The van der Waals surface area contributed by atoms with Crippen LogP contribution in [0.4, 0.5) is 4.79 Å². The van der Waals surface area contributed by atoms with Gasteiger partial charge in [-0.2, -0.15) is 0 Å². The Hall–Kier alpha value is -1.82. The van der Waals surface area contributed by atoms with Crippen molar-refractivity contribution < 1.29 is 14.6 Å². The average molecular weight is 359 g/mol. The van der Waals surface area contributed by atoms with E-state index in [0.717, 1.165) is 37.2 Å². The minimum Gasteiger partial charge on any atom is -0.474 e. The fourth-order valence-electron chi connectivity index (χ4n) is 4.66. The average Bonchev–Trinajstić information content (AvgIpc) is 2.97. The largest absolute Gasteiger partial charge is 0.474 e. The first-order chi connectivity index (χ1) is 12.3. The Morgan fingerprint density at radius 2 is 1.96 bits per heavy atom. The molecule has 1 aromatic rings. The number of piperidine rings is 1.